The molecule has 28 heavy (non-hydrogen) atoms. The molecule has 3 rings (SSSR count). The first-order chi connectivity index (χ1) is 13.3. The number of ketones is 1. The van der Waals surface area contributed by atoms with Gasteiger partial charge in [-0.25, -0.2) is 0 Å². The summed E-state index contributed by atoms with van der Waals surface area (Å²) >= 11 is 0. The molecule has 0 N–H and O–H groups in total. The predicted molar refractivity (Wildman–Crippen MR) is 103 cm³/mol. The highest BCUT2D eigenvalue weighted by Crippen LogP contribution is 2.42. The van der Waals surface area contributed by atoms with Gasteiger partial charge in [0.1, 0.15) is 0 Å². The Morgan fingerprint density at radius 3 is 2.25 bits per heavy atom. The molecule has 0 spiro atoms. The van der Waals surface area contributed by atoms with E-state index < -0.39 is 24.3 Å². The van der Waals surface area contributed by atoms with Crippen molar-refractivity contribution in [2.45, 2.75) is 32.4 Å². The van der Waals surface area contributed by atoms with Gasteiger partial charge in [-0.2, -0.15) is 13.2 Å². The molecule has 1 aromatic heterocycles. The Labute approximate surface area is 162 Å². The van der Waals surface area contributed by atoms with Gasteiger partial charge in [0, 0.05) is 23.7 Å². The van der Waals surface area contributed by atoms with Crippen LogP contribution in [0.2, 0.25) is 0 Å². The van der Waals surface area contributed by atoms with E-state index >= 15 is 0 Å². The smallest absolute Gasteiger partial charge is 0.294 e. The van der Waals surface area contributed by atoms with Gasteiger partial charge in [0.25, 0.3) is 0 Å². The highest BCUT2D eigenvalue weighted by molar-refractivity contribution is 5.96. The summed E-state index contributed by atoms with van der Waals surface area (Å²) in [6.45, 7) is 3.60. The van der Waals surface area contributed by atoms with Crippen LogP contribution in [0.3, 0.4) is 0 Å². The topological polar surface area (TPSA) is 30.0 Å². The number of aryl methyl sites for hydroxylation is 2. The number of rotatable bonds is 5. The Balaban J connectivity index is 2.04. The van der Waals surface area contributed by atoms with E-state index in [4.69, 9.17) is 0 Å². The first-order valence-corrected chi connectivity index (χ1v) is 8.94. The van der Waals surface area contributed by atoms with E-state index in [1.807, 2.05) is 6.92 Å². The minimum atomic E-state index is -4.56. The lowest BCUT2D eigenvalue weighted by Crippen LogP contribution is -2.24. The number of halogens is 3. The van der Waals surface area contributed by atoms with Gasteiger partial charge in [0.2, 0.25) is 0 Å². The molecule has 0 saturated carbocycles. The highest BCUT2D eigenvalue weighted by atomic mass is 19.4. The molecule has 0 fully saturated rings. The molecular formula is C23H20F3NO. The third kappa shape index (κ3) is 4.47. The van der Waals surface area contributed by atoms with Crippen LogP contribution in [-0.4, -0.2) is 16.9 Å². The first kappa shape index (κ1) is 19.8. The third-order valence-electron chi connectivity index (χ3n) is 4.68. The molecule has 5 heteroatoms. The number of benzene rings is 2. The third-order valence-corrected chi connectivity index (χ3v) is 4.68. The van der Waals surface area contributed by atoms with Gasteiger partial charge in [0.05, 0.1) is 11.6 Å². The van der Waals surface area contributed by atoms with Crippen LogP contribution in [0.25, 0.3) is 11.3 Å². The molecule has 0 amide bonds. The lowest BCUT2D eigenvalue weighted by atomic mass is 9.86. The van der Waals surface area contributed by atoms with Crippen molar-refractivity contribution >= 4 is 5.78 Å². The van der Waals surface area contributed by atoms with Gasteiger partial charge in [-0.3, -0.25) is 9.78 Å². The molecular weight excluding hydrogens is 363 g/mol. The predicted octanol–water partition coefficient (Wildman–Crippen LogP) is 6.28. The zero-order valence-electron chi connectivity index (χ0n) is 15.6. The minimum absolute atomic E-state index is 0.0756. The van der Waals surface area contributed by atoms with E-state index in [2.05, 4.69) is 4.98 Å². The molecule has 2 nitrogen and oxygen atoms in total. The van der Waals surface area contributed by atoms with Crippen LogP contribution in [0, 0.1) is 13.8 Å². The molecule has 1 unspecified atom stereocenters. The van der Waals surface area contributed by atoms with E-state index in [0.29, 0.717) is 16.8 Å². The first-order valence-electron chi connectivity index (χ1n) is 8.94. The van der Waals surface area contributed by atoms with Crippen molar-refractivity contribution < 1.29 is 18.0 Å². The number of pyridine rings is 1. The molecule has 0 aliphatic heterocycles. The van der Waals surface area contributed by atoms with Crippen molar-refractivity contribution in [3.63, 3.8) is 0 Å². The van der Waals surface area contributed by atoms with Crippen LogP contribution in [0.5, 0.6) is 0 Å². The fourth-order valence-electron chi connectivity index (χ4n) is 3.17. The Morgan fingerprint density at radius 1 is 0.964 bits per heavy atom. The molecule has 3 aromatic rings. The summed E-state index contributed by atoms with van der Waals surface area (Å²) in [6.07, 6.45) is -3.66. The van der Waals surface area contributed by atoms with Gasteiger partial charge in [-0.1, -0.05) is 59.7 Å². The van der Waals surface area contributed by atoms with E-state index in [0.717, 1.165) is 5.56 Å². The van der Waals surface area contributed by atoms with Crippen LogP contribution < -0.4 is 0 Å². The van der Waals surface area contributed by atoms with Crippen molar-refractivity contribution in [3.05, 3.63) is 89.1 Å². The fraction of sp³-hybridized carbons (Fsp3) is 0.217. The van der Waals surface area contributed by atoms with Crippen molar-refractivity contribution in [3.8, 4) is 11.3 Å². The van der Waals surface area contributed by atoms with E-state index in [9.17, 15) is 18.0 Å². The number of hydrogen-bond donors (Lipinski definition) is 0. The average molecular weight is 383 g/mol. The van der Waals surface area contributed by atoms with Crippen molar-refractivity contribution in [1.82, 2.24) is 4.98 Å². The Kier molecular flexibility index (Phi) is 5.63. The van der Waals surface area contributed by atoms with Gasteiger partial charge in [0.15, 0.2) is 5.78 Å². The number of aromatic nitrogens is 1. The van der Waals surface area contributed by atoms with Gasteiger partial charge in [-0.15, -0.1) is 0 Å². The second kappa shape index (κ2) is 7.97. The van der Waals surface area contributed by atoms with E-state index in [-0.39, 0.29) is 11.1 Å². The maximum atomic E-state index is 14.0. The maximum Gasteiger partial charge on any atom is 0.396 e. The molecule has 0 saturated heterocycles. The summed E-state index contributed by atoms with van der Waals surface area (Å²) in [4.78, 5) is 16.8. The largest absolute Gasteiger partial charge is 0.396 e. The quantitative estimate of drug-likeness (QED) is 0.485. The number of nitrogens with zero attached hydrogens (tertiary/aromatic N) is 1. The second-order valence-corrected chi connectivity index (χ2v) is 6.89. The summed E-state index contributed by atoms with van der Waals surface area (Å²) in [7, 11) is 0. The Bertz CT molecular complexity index is 963. The van der Waals surface area contributed by atoms with Gasteiger partial charge >= 0.3 is 6.18 Å². The number of Topliss-reactive ketones (excluding diaryl/α,β-unsaturated/α-hetero) is 1. The van der Waals surface area contributed by atoms with Crippen molar-refractivity contribution in [1.29, 1.82) is 0 Å². The maximum absolute atomic E-state index is 14.0. The summed E-state index contributed by atoms with van der Waals surface area (Å²) in [5.74, 6) is -2.44. The van der Waals surface area contributed by atoms with E-state index in [1.54, 1.807) is 67.7 Å². The molecule has 144 valence electrons. The SMILES string of the molecule is Cc1ccc(C(=O)CC(c2cc(C)ccc2-c2ccccn2)C(F)(F)F)cc1. The van der Waals surface area contributed by atoms with Crippen LogP contribution in [-0.2, 0) is 0 Å². The average Bonchev–Trinajstić information content (AvgIpc) is 2.66. The van der Waals surface area contributed by atoms with Crippen molar-refractivity contribution in [2.24, 2.45) is 0 Å². The van der Waals surface area contributed by atoms with E-state index in [1.165, 1.54) is 6.07 Å². The normalized spacial score (nSPS) is 12.6. The summed E-state index contributed by atoms with van der Waals surface area (Å²) in [5.41, 5.74) is 2.85. The number of alkyl halides is 3. The van der Waals surface area contributed by atoms with Crippen LogP contribution in [0.1, 0.15) is 39.4 Å². The summed E-state index contributed by atoms with van der Waals surface area (Å²) in [6, 6.07) is 16.6. The molecule has 0 aliphatic rings. The lowest BCUT2D eigenvalue weighted by molar-refractivity contribution is -0.149. The molecule has 1 atom stereocenters. The zero-order chi connectivity index (χ0) is 20.3. The Hall–Kier alpha value is -2.95. The van der Waals surface area contributed by atoms with Crippen LogP contribution in [0.4, 0.5) is 13.2 Å². The standard InChI is InChI=1S/C23H20F3NO/c1-15-6-9-17(10-7-15)22(28)14-20(23(24,25)26)19-13-16(2)8-11-18(19)21-5-3-4-12-27-21/h3-13,20H,14H2,1-2H3. The summed E-state index contributed by atoms with van der Waals surface area (Å²) in [5, 5.41) is 0. The molecule has 1 heterocycles. The van der Waals surface area contributed by atoms with Gasteiger partial charge in [-0.05, 0) is 31.5 Å². The lowest BCUT2D eigenvalue weighted by Gasteiger charge is -2.23. The van der Waals surface area contributed by atoms with Crippen LogP contribution >= 0.6 is 0 Å². The summed E-state index contributed by atoms with van der Waals surface area (Å²) < 4.78 is 42.0. The number of carbonyl (C=O) groups is 1. The monoisotopic (exact) mass is 383 g/mol. The second-order valence-electron chi connectivity index (χ2n) is 6.89. The van der Waals surface area contributed by atoms with Crippen LogP contribution in [0.15, 0.2) is 66.9 Å². The molecule has 0 aliphatic carbocycles. The minimum Gasteiger partial charge on any atom is -0.294 e. The number of carbonyl (C=O) groups excluding carboxylic acids is 1. The van der Waals surface area contributed by atoms with Gasteiger partial charge < -0.3 is 0 Å². The number of hydrogen-bond acceptors (Lipinski definition) is 2. The molecule has 0 bridgehead atoms. The fourth-order valence-corrected chi connectivity index (χ4v) is 3.17. The highest BCUT2D eigenvalue weighted by Gasteiger charge is 2.43. The zero-order valence-corrected chi connectivity index (χ0v) is 15.6. The van der Waals surface area contributed by atoms with Crippen molar-refractivity contribution in [2.75, 3.05) is 0 Å². The Morgan fingerprint density at radius 2 is 1.64 bits per heavy atom. The molecule has 2 aromatic carbocycles. The molecule has 0 radical (unpaired) electrons.